The van der Waals surface area contributed by atoms with E-state index in [1.807, 2.05) is 18.7 Å². The lowest BCUT2D eigenvalue weighted by Crippen LogP contribution is -2.50. The van der Waals surface area contributed by atoms with E-state index in [2.05, 4.69) is 0 Å². The van der Waals surface area contributed by atoms with Crippen molar-refractivity contribution in [1.29, 1.82) is 0 Å². The largest absolute Gasteiger partial charge is 0.369 e. The molecular weight excluding hydrogens is 216 g/mol. The first kappa shape index (κ1) is 14.5. The van der Waals surface area contributed by atoms with Crippen molar-refractivity contribution in [2.45, 2.75) is 45.1 Å². The maximum absolute atomic E-state index is 12.3. The summed E-state index contributed by atoms with van der Waals surface area (Å²) < 4.78 is 5.37. The number of methoxy groups -OCH3 is 1. The molecule has 0 aromatic heterocycles. The van der Waals surface area contributed by atoms with Crippen molar-refractivity contribution < 1.29 is 9.53 Å². The van der Waals surface area contributed by atoms with E-state index in [1.54, 1.807) is 7.11 Å². The van der Waals surface area contributed by atoms with Crippen molar-refractivity contribution in [1.82, 2.24) is 4.90 Å². The minimum absolute atomic E-state index is 0.133. The summed E-state index contributed by atoms with van der Waals surface area (Å²) in [4.78, 5) is 14.3. The summed E-state index contributed by atoms with van der Waals surface area (Å²) in [5.41, 5.74) is 4.91. The molecule has 0 saturated carbocycles. The van der Waals surface area contributed by atoms with Gasteiger partial charge >= 0.3 is 0 Å². The van der Waals surface area contributed by atoms with E-state index < -0.39 is 5.60 Å². The van der Waals surface area contributed by atoms with Crippen LogP contribution in [0.15, 0.2) is 0 Å². The van der Waals surface area contributed by atoms with E-state index in [0.29, 0.717) is 12.3 Å². The fourth-order valence-electron chi connectivity index (χ4n) is 2.38. The first-order valence-corrected chi connectivity index (χ1v) is 6.62. The molecule has 1 heterocycles. The second-order valence-corrected chi connectivity index (χ2v) is 5.10. The lowest BCUT2D eigenvalue weighted by Gasteiger charge is -2.37. The number of nitrogens with two attached hydrogens (primary N) is 1. The van der Waals surface area contributed by atoms with E-state index in [-0.39, 0.29) is 5.91 Å². The Bertz CT molecular complexity index is 244. The average Bonchev–Trinajstić information content (AvgIpc) is 2.38. The van der Waals surface area contributed by atoms with Gasteiger partial charge in [0.05, 0.1) is 0 Å². The minimum Gasteiger partial charge on any atom is -0.369 e. The molecule has 4 nitrogen and oxygen atoms in total. The lowest BCUT2D eigenvalue weighted by atomic mass is 9.92. The molecule has 4 heteroatoms. The molecule has 0 aromatic rings. The fourth-order valence-corrected chi connectivity index (χ4v) is 2.38. The van der Waals surface area contributed by atoms with Crippen LogP contribution in [0.4, 0.5) is 0 Å². The highest BCUT2D eigenvalue weighted by molar-refractivity contribution is 5.84. The van der Waals surface area contributed by atoms with Gasteiger partial charge in [-0.3, -0.25) is 4.79 Å². The Morgan fingerprint density at radius 1 is 1.47 bits per heavy atom. The van der Waals surface area contributed by atoms with Crippen LogP contribution in [0.1, 0.15) is 39.5 Å². The van der Waals surface area contributed by atoms with Crippen LogP contribution in [-0.2, 0) is 9.53 Å². The number of nitrogens with zero attached hydrogens (tertiary/aromatic N) is 1. The molecule has 0 aliphatic carbocycles. The molecule has 1 aliphatic rings. The Morgan fingerprint density at radius 2 is 2.06 bits per heavy atom. The van der Waals surface area contributed by atoms with Gasteiger partial charge in [-0.2, -0.15) is 0 Å². The topological polar surface area (TPSA) is 55.6 Å². The van der Waals surface area contributed by atoms with E-state index in [9.17, 15) is 4.79 Å². The van der Waals surface area contributed by atoms with Gasteiger partial charge in [0.1, 0.15) is 5.60 Å². The van der Waals surface area contributed by atoms with Gasteiger partial charge in [0.2, 0.25) is 0 Å². The third-order valence-electron chi connectivity index (χ3n) is 4.05. The molecule has 1 aliphatic heterocycles. The van der Waals surface area contributed by atoms with Crippen LogP contribution < -0.4 is 5.73 Å². The Hall–Kier alpha value is -0.610. The van der Waals surface area contributed by atoms with Crippen LogP contribution in [0.2, 0.25) is 0 Å². The maximum atomic E-state index is 12.3. The Balaban J connectivity index is 2.51. The molecule has 0 spiro atoms. The van der Waals surface area contributed by atoms with Gasteiger partial charge in [0, 0.05) is 20.2 Å². The summed E-state index contributed by atoms with van der Waals surface area (Å²) in [6, 6.07) is 0. The molecule has 2 N–H and O–H groups in total. The number of amides is 1. The van der Waals surface area contributed by atoms with Crippen LogP contribution in [-0.4, -0.2) is 43.2 Å². The molecule has 1 saturated heterocycles. The predicted octanol–water partition coefficient (Wildman–Crippen LogP) is 1.39. The van der Waals surface area contributed by atoms with Gasteiger partial charge in [-0.15, -0.1) is 0 Å². The van der Waals surface area contributed by atoms with E-state index in [4.69, 9.17) is 10.5 Å². The lowest BCUT2D eigenvalue weighted by molar-refractivity contribution is -0.154. The molecule has 0 aromatic carbocycles. The number of hydrogen-bond donors (Lipinski definition) is 1. The van der Waals surface area contributed by atoms with Crippen molar-refractivity contribution in [3.05, 3.63) is 0 Å². The highest BCUT2D eigenvalue weighted by Gasteiger charge is 2.36. The third kappa shape index (κ3) is 3.42. The van der Waals surface area contributed by atoms with Crippen LogP contribution in [0, 0.1) is 5.92 Å². The van der Waals surface area contributed by atoms with Crippen molar-refractivity contribution in [3.8, 4) is 0 Å². The van der Waals surface area contributed by atoms with Gasteiger partial charge in [-0.25, -0.2) is 0 Å². The number of rotatable bonds is 5. The fraction of sp³-hybridized carbons (Fsp3) is 0.923. The number of hydrogen-bond acceptors (Lipinski definition) is 3. The molecular formula is C13H26N2O2. The highest BCUT2D eigenvalue weighted by atomic mass is 16.5. The van der Waals surface area contributed by atoms with Crippen LogP contribution >= 0.6 is 0 Å². The van der Waals surface area contributed by atoms with Crippen molar-refractivity contribution in [3.63, 3.8) is 0 Å². The van der Waals surface area contributed by atoms with Crippen LogP contribution in [0.5, 0.6) is 0 Å². The zero-order chi connectivity index (χ0) is 12.9. The van der Waals surface area contributed by atoms with E-state index >= 15 is 0 Å². The Kier molecular flexibility index (Phi) is 5.40. The van der Waals surface area contributed by atoms with Gasteiger partial charge in [-0.05, 0) is 45.1 Å². The average molecular weight is 242 g/mol. The molecule has 17 heavy (non-hydrogen) atoms. The molecule has 0 radical (unpaired) electrons. The van der Waals surface area contributed by atoms with Crippen molar-refractivity contribution in [2.75, 3.05) is 26.7 Å². The van der Waals surface area contributed by atoms with Gasteiger partial charge < -0.3 is 15.4 Å². The first-order chi connectivity index (χ1) is 8.07. The number of ether oxygens (including phenoxy) is 1. The zero-order valence-corrected chi connectivity index (χ0v) is 11.4. The van der Waals surface area contributed by atoms with Gasteiger partial charge in [0.25, 0.3) is 5.91 Å². The SMILES string of the molecule is CCC(C)(OC)C(=O)N1CCC(CCN)CC1. The number of likely N-dealkylation sites (tertiary alicyclic amines) is 1. The molecule has 100 valence electrons. The quantitative estimate of drug-likeness (QED) is 0.792. The third-order valence-corrected chi connectivity index (χ3v) is 4.05. The van der Waals surface area contributed by atoms with Crippen molar-refractivity contribution in [2.24, 2.45) is 11.7 Å². The Morgan fingerprint density at radius 3 is 2.47 bits per heavy atom. The number of piperidine rings is 1. The van der Waals surface area contributed by atoms with E-state index in [0.717, 1.165) is 38.9 Å². The number of carbonyl (C=O) groups is 1. The summed E-state index contributed by atoms with van der Waals surface area (Å²) in [5, 5.41) is 0. The summed E-state index contributed by atoms with van der Waals surface area (Å²) in [7, 11) is 1.61. The monoisotopic (exact) mass is 242 g/mol. The van der Waals surface area contributed by atoms with Crippen molar-refractivity contribution >= 4 is 5.91 Å². The molecule has 1 amide bonds. The number of carbonyl (C=O) groups excluding carboxylic acids is 1. The second-order valence-electron chi connectivity index (χ2n) is 5.10. The summed E-state index contributed by atoms with van der Waals surface area (Å²) in [6.07, 6.45) is 3.95. The molecule has 1 fully saturated rings. The molecule has 1 unspecified atom stereocenters. The molecule has 1 atom stereocenters. The summed E-state index contributed by atoms with van der Waals surface area (Å²) >= 11 is 0. The molecule has 1 rings (SSSR count). The molecule has 0 bridgehead atoms. The van der Waals surface area contributed by atoms with Crippen LogP contribution in [0.3, 0.4) is 0 Å². The maximum Gasteiger partial charge on any atom is 0.254 e. The standard InChI is InChI=1S/C13H26N2O2/c1-4-13(2,17-3)12(16)15-9-6-11(5-8-14)7-10-15/h11H,4-10,14H2,1-3H3. The zero-order valence-electron chi connectivity index (χ0n) is 11.4. The second kappa shape index (κ2) is 6.36. The minimum atomic E-state index is -0.652. The highest BCUT2D eigenvalue weighted by Crippen LogP contribution is 2.24. The summed E-state index contributed by atoms with van der Waals surface area (Å²) in [6.45, 7) is 6.32. The summed E-state index contributed by atoms with van der Waals surface area (Å²) in [5.74, 6) is 0.827. The van der Waals surface area contributed by atoms with Gasteiger partial charge in [0.15, 0.2) is 0 Å². The van der Waals surface area contributed by atoms with Gasteiger partial charge in [-0.1, -0.05) is 6.92 Å². The smallest absolute Gasteiger partial charge is 0.254 e. The van der Waals surface area contributed by atoms with Crippen LogP contribution in [0.25, 0.3) is 0 Å². The first-order valence-electron chi connectivity index (χ1n) is 6.62. The van der Waals surface area contributed by atoms with E-state index in [1.165, 1.54) is 0 Å². The predicted molar refractivity (Wildman–Crippen MR) is 68.7 cm³/mol. The normalized spacial score (nSPS) is 21.3. The Labute approximate surface area is 104 Å².